The number of hydrogen-bond donors (Lipinski definition) is 2. The van der Waals surface area contributed by atoms with Crippen molar-refractivity contribution in [1.29, 1.82) is 0 Å². The van der Waals surface area contributed by atoms with Crippen molar-refractivity contribution in [2.24, 2.45) is 5.41 Å². The summed E-state index contributed by atoms with van der Waals surface area (Å²) < 4.78 is 0. The summed E-state index contributed by atoms with van der Waals surface area (Å²) in [6, 6.07) is 0. The van der Waals surface area contributed by atoms with Gasteiger partial charge in [0.05, 0.1) is 5.69 Å². The Balaban J connectivity index is 3.04. The highest BCUT2D eigenvalue weighted by molar-refractivity contribution is 7.98. The molecular formula is C10H16N2O2S. The number of aromatic carboxylic acids is 1. The molecule has 0 bridgehead atoms. The van der Waals surface area contributed by atoms with Gasteiger partial charge in [-0.1, -0.05) is 32.5 Å². The SMILES string of the molecule is CSc1nc(C(=O)O)c(CC(C)(C)C)[nH]1. The zero-order valence-corrected chi connectivity index (χ0v) is 10.2. The lowest BCUT2D eigenvalue weighted by molar-refractivity contribution is 0.0689. The van der Waals surface area contributed by atoms with Gasteiger partial charge in [0.25, 0.3) is 0 Å². The summed E-state index contributed by atoms with van der Waals surface area (Å²) in [7, 11) is 0. The van der Waals surface area contributed by atoms with Gasteiger partial charge in [0, 0.05) is 0 Å². The van der Waals surface area contributed by atoms with Gasteiger partial charge in [-0.25, -0.2) is 9.78 Å². The van der Waals surface area contributed by atoms with E-state index in [1.165, 1.54) is 11.8 Å². The number of rotatable bonds is 3. The van der Waals surface area contributed by atoms with Crippen molar-refractivity contribution < 1.29 is 9.90 Å². The van der Waals surface area contributed by atoms with Gasteiger partial charge in [0.15, 0.2) is 10.9 Å². The van der Waals surface area contributed by atoms with Crippen LogP contribution >= 0.6 is 11.8 Å². The number of aromatic nitrogens is 2. The minimum atomic E-state index is -0.967. The topological polar surface area (TPSA) is 66.0 Å². The van der Waals surface area contributed by atoms with Gasteiger partial charge < -0.3 is 10.1 Å². The minimum Gasteiger partial charge on any atom is -0.476 e. The van der Waals surface area contributed by atoms with Gasteiger partial charge in [-0.15, -0.1) is 0 Å². The number of aromatic amines is 1. The highest BCUT2D eigenvalue weighted by atomic mass is 32.2. The molecule has 1 aromatic heterocycles. The molecule has 0 saturated carbocycles. The summed E-state index contributed by atoms with van der Waals surface area (Å²) in [6.45, 7) is 6.20. The third kappa shape index (κ3) is 3.27. The van der Waals surface area contributed by atoms with Crippen molar-refractivity contribution in [1.82, 2.24) is 9.97 Å². The first kappa shape index (κ1) is 12.1. The fourth-order valence-corrected chi connectivity index (χ4v) is 1.72. The van der Waals surface area contributed by atoms with E-state index in [9.17, 15) is 4.79 Å². The van der Waals surface area contributed by atoms with Crippen LogP contribution in [0.3, 0.4) is 0 Å². The highest BCUT2D eigenvalue weighted by Gasteiger charge is 2.21. The summed E-state index contributed by atoms with van der Waals surface area (Å²) in [6.07, 6.45) is 2.55. The lowest BCUT2D eigenvalue weighted by atomic mass is 9.90. The van der Waals surface area contributed by atoms with Crippen LogP contribution in [-0.4, -0.2) is 27.3 Å². The maximum atomic E-state index is 10.9. The zero-order valence-electron chi connectivity index (χ0n) is 9.42. The van der Waals surface area contributed by atoms with Gasteiger partial charge in [-0.3, -0.25) is 0 Å². The molecule has 0 aliphatic carbocycles. The number of hydrogen-bond acceptors (Lipinski definition) is 3. The molecule has 0 saturated heterocycles. The van der Waals surface area contributed by atoms with E-state index in [0.29, 0.717) is 17.3 Å². The number of nitrogens with one attached hydrogen (secondary N) is 1. The molecule has 0 radical (unpaired) electrons. The normalized spacial score (nSPS) is 11.7. The van der Waals surface area contributed by atoms with Gasteiger partial charge in [0.2, 0.25) is 0 Å². The molecule has 15 heavy (non-hydrogen) atoms. The first-order chi connectivity index (χ1) is 6.83. The third-order valence-electron chi connectivity index (χ3n) is 1.86. The molecule has 1 heterocycles. The van der Waals surface area contributed by atoms with E-state index in [-0.39, 0.29) is 11.1 Å². The van der Waals surface area contributed by atoms with Crippen molar-refractivity contribution in [3.05, 3.63) is 11.4 Å². The van der Waals surface area contributed by atoms with Crippen LogP contribution in [-0.2, 0) is 6.42 Å². The summed E-state index contributed by atoms with van der Waals surface area (Å²) in [5, 5.41) is 9.64. The summed E-state index contributed by atoms with van der Waals surface area (Å²) in [5.74, 6) is -0.967. The Morgan fingerprint density at radius 3 is 2.53 bits per heavy atom. The second kappa shape index (κ2) is 4.26. The van der Waals surface area contributed by atoms with E-state index in [4.69, 9.17) is 5.11 Å². The van der Waals surface area contributed by atoms with Crippen LogP contribution in [0.15, 0.2) is 5.16 Å². The van der Waals surface area contributed by atoms with E-state index in [0.717, 1.165) is 0 Å². The van der Waals surface area contributed by atoms with E-state index >= 15 is 0 Å². The molecule has 0 unspecified atom stereocenters. The average molecular weight is 228 g/mol. The van der Waals surface area contributed by atoms with Crippen LogP contribution in [0, 0.1) is 5.41 Å². The fourth-order valence-electron chi connectivity index (χ4n) is 1.32. The second-order valence-electron chi connectivity index (χ2n) is 4.62. The predicted octanol–water partition coefficient (Wildman–Crippen LogP) is 2.42. The van der Waals surface area contributed by atoms with Crippen molar-refractivity contribution in [3.63, 3.8) is 0 Å². The Hall–Kier alpha value is -0.970. The lowest BCUT2D eigenvalue weighted by Crippen LogP contribution is -2.13. The second-order valence-corrected chi connectivity index (χ2v) is 5.41. The summed E-state index contributed by atoms with van der Waals surface area (Å²) in [5.41, 5.74) is 0.903. The molecule has 2 N–H and O–H groups in total. The van der Waals surface area contributed by atoms with Crippen LogP contribution in [0.25, 0.3) is 0 Å². The molecule has 84 valence electrons. The standard InChI is InChI=1S/C10H16N2O2S/c1-10(2,3)5-6-7(8(13)14)12-9(11-6)15-4/h5H2,1-4H3,(H,11,12)(H,13,14). The van der Waals surface area contributed by atoms with Gasteiger partial charge in [-0.2, -0.15) is 0 Å². The molecule has 1 aromatic rings. The molecular weight excluding hydrogens is 212 g/mol. The largest absolute Gasteiger partial charge is 0.476 e. The quantitative estimate of drug-likeness (QED) is 0.780. The van der Waals surface area contributed by atoms with Crippen LogP contribution < -0.4 is 0 Å². The molecule has 0 amide bonds. The molecule has 0 aromatic carbocycles. The van der Waals surface area contributed by atoms with Crippen molar-refractivity contribution in [2.45, 2.75) is 32.3 Å². The van der Waals surface area contributed by atoms with E-state index in [1.807, 2.05) is 6.26 Å². The third-order valence-corrected chi connectivity index (χ3v) is 2.44. The molecule has 4 nitrogen and oxygen atoms in total. The lowest BCUT2D eigenvalue weighted by Gasteiger charge is -2.16. The number of thioether (sulfide) groups is 1. The van der Waals surface area contributed by atoms with E-state index in [2.05, 4.69) is 30.7 Å². The van der Waals surface area contributed by atoms with Crippen LogP contribution in [0.2, 0.25) is 0 Å². The number of nitrogens with zero attached hydrogens (tertiary/aromatic N) is 1. The number of carbonyl (C=O) groups is 1. The fraction of sp³-hybridized carbons (Fsp3) is 0.600. The van der Waals surface area contributed by atoms with Crippen molar-refractivity contribution >= 4 is 17.7 Å². The number of H-pyrrole nitrogens is 1. The maximum Gasteiger partial charge on any atom is 0.356 e. The van der Waals surface area contributed by atoms with Crippen LogP contribution in [0.5, 0.6) is 0 Å². The van der Waals surface area contributed by atoms with Crippen LogP contribution in [0.4, 0.5) is 0 Å². The minimum absolute atomic E-state index is 0.0480. The first-order valence-corrected chi connectivity index (χ1v) is 5.92. The molecule has 0 fully saturated rings. The number of imidazole rings is 1. The Morgan fingerprint density at radius 2 is 2.13 bits per heavy atom. The predicted molar refractivity (Wildman–Crippen MR) is 60.5 cm³/mol. The smallest absolute Gasteiger partial charge is 0.356 e. The van der Waals surface area contributed by atoms with Crippen molar-refractivity contribution in [2.75, 3.05) is 6.26 Å². The molecule has 0 spiro atoms. The van der Waals surface area contributed by atoms with Gasteiger partial charge >= 0.3 is 5.97 Å². The monoisotopic (exact) mass is 228 g/mol. The number of carboxylic acid groups (broad SMARTS) is 1. The summed E-state index contributed by atoms with van der Waals surface area (Å²) in [4.78, 5) is 18.0. The Morgan fingerprint density at radius 1 is 1.53 bits per heavy atom. The van der Waals surface area contributed by atoms with Gasteiger partial charge in [0.1, 0.15) is 0 Å². The maximum absolute atomic E-state index is 10.9. The molecule has 0 aliphatic heterocycles. The summed E-state index contributed by atoms with van der Waals surface area (Å²) >= 11 is 1.42. The van der Waals surface area contributed by atoms with E-state index in [1.54, 1.807) is 0 Å². The molecule has 0 aliphatic rings. The molecule has 0 atom stereocenters. The first-order valence-electron chi connectivity index (χ1n) is 4.69. The Labute approximate surface area is 93.5 Å². The van der Waals surface area contributed by atoms with Crippen LogP contribution in [0.1, 0.15) is 37.0 Å². The van der Waals surface area contributed by atoms with Crippen molar-refractivity contribution in [3.8, 4) is 0 Å². The Kier molecular flexibility index (Phi) is 3.44. The zero-order chi connectivity index (χ0) is 11.6. The van der Waals surface area contributed by atoms with E-state index < -0.39 is 5.97 Å². The highest BCUT2D eigenvalue weighted by Crippen LogP contribution is 2.23. The van der Waals surface area contributed by atoms with Gasteiger partial charge in [-0.05, 0) is 18.1 Å². The molecule has 5 heteroatoms. The average Bonchev–Trinajstić information content (AvgIpc) is 2.44. The number of carboxylic acids is 1. The molecule has 1 rings (SSSR count). The Bertz CT molecular complexity index is 366.